The maximum absolute atomic E-state index is 13.9. The molecule has 3 rings (SSSR count). The molecule has 1 aliphatic rings. The third kappa shape index (κ3) is 3.06. The maximum Gasteiger partial charge on any atom is 0.127 e. The molecule has 102 valence electrons. The lowest BCUT2D eigenvalue weighted by atomic mass is 10.1. The molecular formula is C16H15FN2S. The van der Waals surface area contributed by atoms with Gasteiger partial charge in [-0.05, 0) is 42.5 Å². The number of hydrogen-bond acceptors (Lipinski definition) is 3. The molecule has 0 aliphatic heterocycles. The average molecular weight is 286 g/mol. The molecule has 0 saturated heterocycles. The molecule has 1 aromatic carbocycles. The number of halogens is 1. The van der Waals surface area contributed by atoms with Crippen LogP contribution in [-0.4, -0.2) is 10.9 Å². The molecular weight excluding hydrogens is 271 g/mol. The molecule has 0 bridgehead atoms. The Morgan fingerprint density at radius 3 is 2.80 bits per heavy atom. The van der Waals surface area contributed by atoms with Crippen LogP contribution >= 0.6 is 11.3 Å². The van der Waals surface area contributed by atoms with Gasteiger partial charge in [0.05, 0.1) is 11.6 Å². The van der Waals surface area contributed by atoms with E-state index in [2.05, 4.69) is 22.4 Å². The lowest BCUT2D eigenvalue weighted by Crippen LogP contribution is -2.25. The van der Waals surface area contributed by atoms with Gasteiger partial charge >= 0.3 is 0 Å². The number of hydrogen-bond donors (Lipinski definition) is 0. The van der Waals surface area contributed by atoms with Gasteiger partial charge in [-0.2, -0.15) is 5.26 Å². The summed E-state index contributed by atoms with van der Waals surface area (Å²) in [6.45, 7) is 1.43. The standard InChI is InChI=1S/C16H15FN2S/c17-16-6-3-12(9-18)8-13(16)10-19(14-4-5-14)11-15-2-1-7-20-15/h1-3,6-8,14H,4-5,10-11H2. The van der Waals surface area contributed by atoms with Crippen molar-refractivity contribution in [2.75, 3.05) is 0 Å². The highest BCUT2D eigenvalue weighted by atomic mass is 32.1. The highest BCUT2D eigenvalue weighted by Gasteiger charge is 2.29. The highest BCUT2D eigenvalue weighted by Crippen LogP contribution is 2.31. The fourth-order valence-corrected chi connectivity index (χ4v) is 3.07. The Balaban J connectivity index is 1.78. The van der Waals surface area contributed by atoms with Crippen molar-refractivity contribution >= 4 is 11.3 Å². The number of benzene rings is 1. The van der Waals surface area contributed by atoms with Gasteiger partial charge in [-0.3, -0.25) is 4.90 Å². The molecule has 4 heteroatoms. The van der Waals surface area contributed by atoms with E-state index in [-0.39, 0.29) is 5.82 Å². The minimum atomic E-state index is -0.221. The van der Waals surface area contributed by atoms with E-state index < -0.39 is 0 Å². The lowest BCUT2D eigenvalue weighted by Gasteiger charge is -2.21. The predicted molar refractivity (Wildman–Crippen MR) is 77.7 cm³/mol. The summed E-state index contributed by atoms with van der Waals surface area (Å²) in [6, 6.07) is 11.4. The van der Waals surface area contributed by atoms with Gasteiger partial charge in [0.2, 0.25) is 0 Å². The molecule has 2 nitrogen and oxygen atoms in total. The number of nitriles is 1. The Labute approximate surface area is 122 Å². The highest BCUT2D eigenvalue weighted by molar-refractivity contribution is 7.09. The predicted octanol–water partition coefficient (Wildman–Crippen LogP) is 3.92. The van der Waals surface area contributed by atoms with Gasteiger partial charge in [0.1, 0.15) is 5.82 Å². The third-order valence-corrected chi connectivity index (χ3v) is 4.41. The first-order chi connectivity index (χ1) is 9.76. The summed E-state index contributed by atoms with van der Waals surface area (Å²) in [5, 5.41) is 11.0. The molecule has 1 saturated carbocycles. The molecule has 1 aromatic heterocycles. The molecule has 0 amide bonds. The minimum Gasteiger partial charge on any atom is -0.291 e. The van der Waals surface area contributed by atoms with Crippen molar-refractivity contribution in [2.45, 2.75) is 32.0 Å². The lowest BCUT2D eigenvalue weighted by molar-refractivity contribution is 0.244. The average Bonchev–Trinajstić information content (AvgIpc) is 3.18. The van der Waals surface area contributed by atoms with Crippen molar-refractivity contribution in [1.82, 2.24) is 4.90 Å². The third-order valence-electron chi connectivity index (χ3n) is 3.55. The molecule has 0 spiro atoms. The van der Waals surface area contributed by atoms with Crippen LogP contribution in [0, 0.1) is 17.1 Å². The zero-order chi connectivity index (χ0) is 13.9. The van der Waals surface area contributed by atoms with Gasteiger partial charge in [0.25, 0.3) is 0 Å². The SMILES string of the molecule is N#Cc1ccc(F)c(CN(Cc2cccs2)C2CC2)c1. The van der Waals surface area contributed by atoms with E-state index in [0.29, 0.717) is 23.7 Å². The molecule has 20 heavy (non-hydrogen) atoms. The van der Waals surface area contributed by atoms with Gasteiger partial charge in [-0.1, -0.05) is 6.07 Å². The van der Waals surface area contributed by atoms with Crippen LogP contribution in [0.1, 0.15) is 28.8 Å². The first-order valence-corrected chi connectivity index (χ1v) is 7.59. The van der Waals surface area contributed by atoms with E-state index in [1.807, 2.05) is 6.07 Å². The van der Waals surface area contributed by atoms with Crippen LogP contribution in [0.15, 0.2) is 35.7 Å². The van der Waals surface area contributed by atoms with Crippen LogP contribution in [0.2, 0.25) is 0 Å². The zero-order valence-electron chi connectivity index (χ0n) is 11.1. The minimum absolute atomic E-state index is 0.221. The van der Waals surface area contributed by atoms with Crippen molar-refractivity contribution in [3.63, 3.8) is 0 Å². The molecule has 0 atom stereocenters. The van der Waals surface area contributed by atoms with E-state index in [4.69, 9.17) is 5.26 Å². The second kappa shape index (κ2) is 5.74. The summed E-state index contributed by atoms with van der Waals surface area (Å²) in [5.41, 5.74) is 1.14. The number of rotatable bonds is 5. The summed E-state index contributed by atoms with van der Waals surface area (Å²) in [5.74, 6) is -0.221. The smallest absolute Gasteiger partial charge is 0.127 e. The van der Waals surface area contributed by atoms with Crippen molar-refractivity contribution in [3.05, 3.63) is 57.5 Å². The Morgan fingerprint density at radius 1 is 1.30 bits per heavy atom. The van der Waals surface area contributed by atoms with Gasteiger partial charge in [-0.25, -0.2) is 4.39 Å². The van der Waals surface area contributed by atoms with E-state index in [1.165, 1.54) is 29.9 Å². The molecule has 0 N–H and O–H groups in total. The van der Waals surface area contributed by atoms with E-state index in [0.717, 1.165) is 6.54 Å². The van der Waals surface area contributed by atoms with Gasteiger partial charge in [0.15, 0.2) is 0 Å². The first kappa shape index (κ1) is 13.3. The quantitative estimate of drug-likeness (QED) is 0.833. The van der Waals surface area contributed by atoms with Crippen LogP contribution in [0.4, 0.5) is 4.39 Å². The topological polar surface area (TPSA) is 27.0 Å². The van der Waals surface area contributed by atoms with Gasteiger partial charge in [-0.15, -0.1) is 11.3 Å². The molecule has 0 unspecified atom stereocenters. The van der Waals surface area contributed by atoms with E-state index in [1.54, 1.807) is 17.4 Å². The van der Waals surface area contributed by atoms with Crippen molar-refractivity contribution < 1.29 is 4.39 Å². The number of thiophene rings is 1. The second-order valence-electron chi connectivity index (χ2n) is 5.13. The fraction of sp³-hybridized carbons (Fsp3) is 0.312. The van der Waals surface area contributed by atoms with E-state index >= 15 is 0 Å². The summed E-state index contributed by atoms with van der Waals surface area (Å²) in [4.78, 5) is 3.61. The Morgan fingerprint density at radius 2 is 2.15 bits per heavy atom. The molecule has 2 aromatic rings. The monoisotopic (exact) mass is 286 g/mol. The molecule has 1 aliphatic carbocycles. The van der Waals surface area contributed by atoms with Crippen molar-refractivity contribution in [2.24, 2.45) is 0 Å². The van der Waals surface area contributed by atoms with Gasteiger partial charge in [0, 0.05) is 29.6 Å². The normalized spacial score (nSPS) is 14.4. The van der Waals surface area contributed by atoms with Crippen molar-refractivity contribution in [3.8, 4) is 6.07 Å². The second-order valence-corrected chi connectivity index (χ2v) is 6.17. The summed E-state index contributed by atoms with van der Waals surface area (Å²) in [7, 11) is 0. The fourth-order valence-electron chi connectivity index (χ4n) is 2.34. The number of nitrogens with zero attached hydrogens (tertiary/aromatic N) is 2. The van der Waals surface area contributed by atoms with Crippen molar-refractivity contribution in [1.29, 1.82) is 5.26 Å². The zero-order valence-corrected chi connectivity index (χ0v) is 11.9. The summed E-state index contributed by atoms with van der Waals surface area (Å²) >= 11 is 1.73. The Hall–Kier alpha value is -1.70. The summed E-state index contributed by atoms with van der Waals surface area (Å²) in [6.07, 6.45) is 2.37. The van der Waals surface area contributed by atoms with Crippen LogP contribution in [0.5, 0.6) is 0 Å². The Bertz CT molecular complexity index is 626. The molecule has 0 radical (unpaired) electrons. The van der Waals surface area contributed by atoms with Crippen LogP contribution in [-0.2, 0) is 13.1 Å². The van der Waals surface area contributed by atoms with Crippen LogP contribution < -0.4 is 0 Å². The molecule has 1 fully saturated rings. The Kier molecular flexibility index (Phi) is 3.81. The first-order valence-electron chi connectivity index (χ1n) is 6.71. The molecule has 1 heterocycles. The largest absolute Gasteiger partial charge is 0.291 e. The van der Waals surface area contributed by atoms with Crippen LogP contribution in [0.3, 0.4) is 0 Å². The maximum atomic E-state index is 13.9. The van der Waals surface area contributed by atoms with E-state index in [9.17, 15) is 4.39 Å². The van der Waals surface area contributed by atoms with Crippen LogP contribution in [0.25, 0.3) is 0 Å². The summed E-state index contributed by atoms with van der Waals surface area (Å²) < 4.78 is 13.9. The van der Waals surface area contributed by atoms with Gasteiger partial charge < -0.3 is 0 Å².